The van der Waals surface area contributed by atoms with Crippen molar-refractivity contribution in [2.45, 2.75) is 65.1 Å². The molecule has 1 unspecified atom stereocenters. The third kappa shape index (κ3) is 6.33. The Balaban J connectivity index is 2.35. The van der Waals surface area contributed by atoms with E-state index in [-0.39, 0.29) is 24.1 Å². The Morgan fingerprint density at radius 1 is 1.29 bits per heavy atom. The first-order chi connectivity index (χ1) is 9.73. The van der Waals surface area contributed by atoms with Gasteiger partial charge in [0.2, 0.25) is 5.91 Å². The van der Waals surface area contributed by atoms with E-state index in [9.17, 15) is 9.59 Å². The van der Waals surface area contributed by atoms with Crippen molar-refractivity contribution < 1.29 is 14.3 Å². The fraction of sp³-hybridized carbons (Fsp3) is 0.867. The van der Waals surface area contributed by atoms with Crippen molar-refractivity contribution in [3.8, 4) is 0 Å². The molecule has 2 N–H and O–H groups in total. The highest BCUT2D eigenvalue weighted by atomic mass is 16.6. The van der Waals surface area contributed by atoms with Gasteiger partial charge >= 0.3 is 6.09 Å². The first-order valence-corrected chi connectivity index (χ1v) is 7.74. The fourth-order valence-corrected chi connectivity index (χ4v) is 2.31. The lowest BCUT2D eigenvalue weighted by Gasteiger charge is -2.34. The molecule has 0 saturated carbocycles. The number of likely N-dealkylation sites (N-methyl/N-ethyl adjacent to an activating group) is 1. The number of likely N-dealkylation sites (tertiary alicyclic amines) is 1. The highest BCUT2D eigenvalue weighted by Crippen LogP contribution is 2.15. The Hall–Kier alpha value is -1.30. The Morgan fingerprint density at radius 2 is 1.86 bits per heavy atom. The monoisotopic (exact) mass is 299 g/mol. The van der Waals surface area contributed by atoms with Gasteiger partial charge in [0, 0.05) is 25.7 Å². The summed E-state index contributed by atoms with van der Waals surface area (Å²) in [5, 5.41) is 6.12. The van der Waals surface area contributed by atoms with E-state index in [2.05, 4.69) is 10.6 Å². The molecule has 0 radical (unpaired) electrons. The predicted octanol–water partition coefficient (Wildman–Crippen LogP) is 1.50. The lowest BCUT2D eigenvalue weighted by Crippen LogP contribution is -2.51. The zero-order valence-electron chi connectivity index (χ0n) is 13.9. The Labute approximate surface area is 127 Å². The summed E-state index contributed by atoms with van der Waals surface area (Å²) in [4.78, 5) is 25.4. The topological polar surface area (TPSA) is 70.7 Å². The molecule has 1 aliphatic rings. The zero-order valence-corrected chi connectivity index (χ0v) is 13.9. The van der Waals surface area contributed by atoms with Crippen molar-refractivity contribution in [3.63, 3.8) is 0 Å². The van der Waals surface area contributed by atoms with Gasteiger partial charge in [-0.2, -0.15) is 0 Å². The Bertz CT molecular complexity index is 358. The molecule has 0 aromatic carbocycles. The summed E-state index contributed by atoms with van der Waals surface area (Å²) in [6.45, 7) is 11.3. The molecule has 0 spiro atoms. The summed E-state index contributed by atoms with van der Waals surface area (Å²) >= 11 is 0. The minimum absolute atomic E-state index is 0.0204. The second-order valence-electron chi connectivity index (χ2n) is 6.52. The number of hydrogen-bond donors (Lipinski definition) is 2. The Kier molecular flexibility index (Phi) is 6.45. The van der Waals surface area contributed by atoms with E-state index >= 15 is 0 Å². The normalized spacial score (nSPS) is 18.2. The molecule has 21 heavy (non-hydrogen) atoms. The third-order valence-corrected chi connectivity index (χ3v) is 3.38. The van der Waals surface area contributed by atoms with Gasteiger partial charge in [0.1, 0.15) is 5.60 Å². The summed E-state index contributed by atoms with van der Waals surface area (Å²) in [5.74, 6) is 0.0204. The van der Waals surface area contributed by atoms with Gasteiger partial charge in [-0.05, 0) is 47.5 Å². The van der Waals surface area contributed by atoms with Gasteiger partial charge in [-0.1, -0.05) is 0 Å². The lowest BCUT2D eigenvalue weighted by atomic mass is 10.0. The zero-order chi connectivity index (χ0) is 16.0. The maximum Gasteiger partial charge on any atom is 0.410 e. The van der Waals surface area contributed by atoms with Crippen LogP contribution >= 0.6 is 0 Å². The van der Waals surface area contributed by atoms with Crippen LogP contribution < -0.4 is 10.6 Å². The smallest absolute Gasteiger partial charge is 0.410 e. The fourth-order valence-electron chi connectivity index (χ4n) is 2.31. The molecule has 1 heterocycles. The maximum absolute atomic E-state index is 12.0. The molecule has 0 aromatic rings. The largest absolute Gasteiger partial charge is 0.444 e. The number of nitrogens with one attached hydrogen (secondary N) is 2. The van der Waals surface area contributed by atoms with Crippen molar-refractivity contribution in [2.75, 3.05) is 19.6 Å². The van der Waals surface area contributed by atoms with Gasteiger partial charge in [0.25, 0.3) is 0 Å². The summed E-state index contributed by atoms with van der Waals surface area (Å²) in [7, 11) is 0. The van der Waals surface area contributed by atoms with Crippen LogP contribution in [-0.4, -0.2) is 54.2 Å². The van der Waals surface area contributed by atoms with E-state index in [1.165, 1.54) is 0 Å². The van der Waals surface area contributed by atoms with Crippen LogP contribution in [0.3, 0.4) is 0 Å². The molecule has 6 nitrogen and oxygen atoms in total. The highest BCUT2D eigenvalue weighted by Gasteiger charge is 2.28. The first kappa shape index (κ1) is 17.8. The van der Waals surface area contributed by atoms with Crippen LogP contribution in [0.25, 0.3) is 0 Å². The Morgan fingerprint density at radius 3 is 2.33 bits per heavy atom. The van der Waals surface area contributed by atoms with Crippen LogP contribution in [0.5, 0.6) is 0 Å². The van der Waals surface area contributed by atoms with Gasteiger partial charge < -0.3 is 20.3 Å². The predicted molar refractivity (Wildman–Crippen MR) is 82.1 cm³/mol. The summed E-state index contributed by atoms with van der Waals surface area (Å²) < 4.78 is 5.37. The quantitative estimate of drug-likeness (QED) is 0.825. The number of carbonyl (C=O) groups excluding carboxylic acids is 2. The van der Waals surface area contributed by atoms with Crippen LogP contribution in [0.4, 0.5) is 4.79 Å². The van der Waals surface area contributed by atoms with Crippen LogP contribution in [0.15, 0.2) is 0 Å². The summed E-state index contributed by atoms with van der Waals surface area (Å²) in [6.07, 6.45) is 1.42. The van der Waals surface area contributed by atoms with Gasteiger partial charge in [-0.3, -0.25) is 4.79 Å². The third-order valence-electron chi connectivity index (χ3n) is 3.38. The number of carbonyl (C=O) groups is 2. The molecule has 0 bridgehead atoms. The molecule has 1 atom stereocenters. The second kappa shape index (κ2) is 7.64. The van der Waals surface area contributed by atoms with E-state index in [1.54, 1.807) is 4.90 Å². The van der Waals surface area contributed by atoms with E-state index in [1.807, 2.05) is 34.6 Å². The molecule has 1 rings (SSSR count). The van der Waals surface area contributed by atoms with Crippen molar-refractivity contribution in [1.82, 2.24) is 15.5 Å². The summed E-state index contributed by atoms with van der Waals surface area (Å²) in [5.41, 5.74) is -0.459. The van der Waals surface area contributed by atoms with Gasteiger partial charge in [-0.15, -0.1) is 0 Å². The van der Waals surface area contributed by atoms with Crippen LogP contribution in [0, 0.1) is 0 Å². The lowest BCUT2D eigenvalue weighted by molar-refractivity contribution is -0.122. The van der Waals surface area contributed by atoms with E-state index in [0.717, 1.165) is 12.8 Å². The van der Waals surface area contributed by atoms with Gasteiger partial charge in [0.05, 0.1) is 6.04 Å². The molecule has 1 aliphatic heterocycles. The molecule has 1 saturated heterocycles. The number of nitrogens with zero attached hydrogens (tertiary/aromatic N) is 1. The van der Waals surface area contributed by atoms with Crippen LogP contribution in [0.1, 0.15) is 47.5 Å². The van der Waals surface area contributed by atoms with E-state index in [4.69, 9.17) is 4.74 Å². The maximum atomic E-state index is 12.0. The molecule has 0 aromatic heterocycles. The minimum Gasteiger partial charge on any atom is -0.444 e. The number of hydrogen-bond acceptors (Lipinski definition) is 4. The van der Waals surface area contributed by atoms with E-state index < -0.39 is 5.60 Å². The average Bonchev–Trinajstić information content (AvgIpc) is 2.37. The van der Waals surface area contributed by atoms with Gasteiger partial charge in [0.15, 0.2) is 0 Å². The molecule has 6 heteroatoms. The first-order valence-electron chi connectivity index (χ1n) is 7.74. The number of piperidine rings is 1. The summed E-state index contributed by atoms with van der Waals surface area (Å²) in [6, 6.07) is 0.0596. The number of ether oxygens (including phenoxy) is 1. The van der Waals surface area contributed by atoms with Crippen molar-refractivity contribution in [2.24, 2.45) is 0 Å². The standard InChI is InChI=1S/C15H29N3O3/c1-6-16-13(19)11(2)17-12-7-9-18(10-8-12)14(20)21-15(3,4)5/h11-12,17H,6-10H2,1-5H3,(H,16,19). The molecule has 2 amide bonds. The molecular weight excluding hydrogens is 270 g/mol. The molecule has 1 fully saturated rings. The number of amides is 2. The average molecular weight is 299 g/mol. The SMILES string of the molecule is CCNC(=O)C(C)NC1CCN(C(=O)OC(C)(C)C)CC1. The molecular formula is C15H29N3O3. The van der Waals surface area contributed by atoms with Crippen molar-refractivity contribution in [1.29, 1.82) is 0 Å². The second-order valence-corrected chi connectivity index (χ2v) is 6.52. The number of rotatable bonds is 4. The van der Waals surface area contributed by atoms with Gasteiger partial charge in [-0.25, -0.2) is 4.79 Å². The van der Waals surface area contributed by atoms with Crippen molar-refractivity contribution >= 4 is 12.0 Å². The minimum atomic E-state index is -0.459. The van der Waals surface area contributed by atoms with Crippen LogP contribution in [0.2, 0.25) is 0 Å². The van der Waals surface area contributed by atoms with Crippen molar-refractivity contribution in [3.05, 3.63) is 0 Å². The molecule has 122 valence electrons. The molecule has 0 aliphatic carbocycles. The van der Waals surface area contributed by atoms with E-state index in [0.29, 0.717) is 19.6 Å². The highest BCUT2D eigenvalue weighted by molar-refractivity contribution is 5.81. The van der Waals surface area contributed by atoms with Crippen LogP contribution in [-0.2, 0) is 9.53 Å².